The summed E-state index contributed by atoms with van der Waals surface area (Å²) in [7, 11) is 1.77. The van der Waals surface area contributed by atoms with Crippen LogP contribution in [0.3, 0.4) is 0 Å². The zero-order chi connectivity index (χ0) is 14.6. The molecule has 1 aliphatic rings. The molecule has 1 atom stereocenters. The van der Waals surface area contributed by atoms with E-state index in [9.17, 15) is 0 Å². The van der Waals surface area contributed by atoms with Crippen molar-refractivity contribution in [2.45, 2.75) is 44.7 Å². The fourth-order valence-corrected chi connectivity index (χ4v) is 3.68. The van der Waals surface area contributed by atoms with Crippen LogP contribution in [0.4, 0.5) is 0 Å². The number of aryl methyl sites for hydroxylation is 1. The standard InChI is InChI=1S/C17H28N2O/c1-14(2)19(11-12-20-3)17(13-18)10-6-8-15-7-4-5-9-16(15)17/h4-5,7,9,14H,6,8,10-13,18H2,1-3H3. The molecule has 2 N–H and O–H groups in total. The van der Waals surface area contributed by atoms with Gasteiger partial charge in [0.1, 0.15) is 0 Å². The largest absolute Gasteiger partial charge is 0.383 e. The van der Waals surface area contributed by atoms with Gasteiger partial charge in [0.05, 0.1) is 12.1 Å². The summed E-state index contributed by atoms with van der Waals surface area (Å²) in [6.07, 6.45) is 3.53. The van der Waals surface area contributed by atoms with Crippen LogP contribution >= 0.6 is 0 Å². The third kappa shape index (κ3) is 2.76. The van der Waals surface area contributed by atoms with Crippen LogP contribution in [0.25, 0.3) is 0 Å². The quantitative estimate of drug-likeness (QED) is 0.868. The van der Waals surface area contributed by atoms with E-state index in [1.54, 1.807) is 7.11 Å². The Hall–Kier alpha value is -0.900. The highest BCUT2D eigenvalue weighted by Crippen LogP contribution is 2.40. The Balaban J connectivity index is 2.42. The second-order valence-electron chi connectivity index (χ2n) is 6.03. The van der Waals surface area contributed by atoms with Crippen LogP contribution in [0.5, 0.6) is 0 Å². The maximum atomic E-state index is 6.28. The van der Waals surface area contributed by atoms with Crippen molar-refractivity contribution >= 4 is 0 Å². The number of fused-ring (bicyclic) bond motifs is 1. The van der Waals surface area contributed by atoms with Gasteiger partial charge in [0, 0.05) is 26.2 Å². The van der Waals surface area contributed by atoms with Gasteiger partial charge >= 0.3 is 0 Å². The molecule has 1 aliphatic carbocycles. The number of hydrogen-bond donors (Lipinski definition) is 1. The zero-order valence-electron chi connectivity index (χ0n) is 13.1. The van der Waals surface area contributed by atoms with E-state index in [1.807, 2.05) is 0 Å². The van der Waals surface area contributed by atoms with E-state index in [4.69, 9.17) is 10.5 Å². The Bertz CT molecular complexity index is 433. The van der Waals surface area contributed by atoms with Crippen molar-refractivity contribution in [1.82, 2.24) is 4.90 Å². The summed E-state index contributed by atoms with van der Waals surface area (Å²) in [4.78, 5) is 2.54. The van der Waals surface area contributed by atoms with E-state index in [-0.39, 0.29) is 5.54 Å². The summed E-state index contributed by atoms with van der Waals surface area (Å²) < 4.78 is 5.31. The molecule has 2 rings (SSSR count). The number of ether oxygens (including phenoxy) is 1. The number of hydrogen-bond acceptors (Lipinski definition) is 3. The van der Waals surface area contributed by atoms with Gasteiger partial charge in [0.25, 0.3) is 0 Å². The molecule has 1 unspecified atom stereocenters. The van der Waals surface area contributed by atoms with Crippen molar-refractivity contribution in [1.29, 1.82) is 0 Å². The number of methoxy groups -OCH3 is 1. The van der Waals surface area contributed by atoms with Gasteiger partial charge < -0.3 is 10.5 Å². The number of rotatable bonds is 6. The van der Waals surface area contributed by atoms with Crippen molar-refractivity contribution < 1.29 is 4.74 Å². The Morgan fingerprint density at radius 3 is 2.75 bits per heavy atom. The SMILES string of the molecule is COCCN(C(C)C)C1(CN)CCCc2ccccc21. The normalized spacial score (nSPS) is 22.3. The summed E-state index contributed by atoms with van der Waals surface area (Å²) in [6, 6.07) is 9.26. The summed E-state index contributed by atoms with van der Waals surface area (Å²) in [5, 5.41) is 0. The van der Waals surface area contributed by atoms with Gasteiger partial charge in [-0.05, 0) is 44.2 Å². The molecule has 1 aromatic carbocycles. The van der Waals surface area contributed by atoms with Gasteiger partial charge in [0.2, 0.25) is 0 Å². The minimum atomic E-state index is -0.0262. The molecule has 20 heavy (non-hydrogen) atoms. The number of benzene rings is 1. The molecule has 3 nitrogen and oxygen atoms in total. The lowest BCUT2D eigenvalue weighted by Crippen LogP contribution is -2.56. The van der Waals surface area contributed by atoms with E-state index < -0.39 is 0 Å². The smallest absolute Gasteiger partial charge is 0.0590 e. The van der Waals surface area contributed by atoms with E-state index >= 15 is 0 Å². The van der Waals surface area contributed by atoms with Crippen LogP contribution < -0.4 is 5.73 Å². The average Bonchev–Trinajstić information content (AvgIpc) is 2.47. The molecule has 0 radical (unpaired) electrons. The van der Waals surface area contributed by atoms with Gasteiger partial charge in [-0.1, -0.05) is 24.3 Å². The van der Waals surface area contributed by atoms with E-state index in [1.165, 1.54) is 24.0 Å². The third-order valence-corrected chi connectivity index (χ3v) is 4.60. The van der Waals surface area contributed by atoms with E-state index in [0.29, 0.717) is 12.6 Å². The van der Waals surface area contributed by atoms with Crippen LogP contribution in [0.15, 0.2) is 24.3 Å². The Morgan fingerprint density at radius 2 is 2.10 bits per heavy atom. The van der Waals surface area contributed by atoms with Crippen LogP contribution in [0, 0.1) is 0 Å². The zero-order valence-corrected chi connectivity index (χ0v) is 13.1. The van der Waals surface area contributed by atoms with E-state index in [2.05, 4.69) is 43.0 Å². The fourth-order valence-electron chi connectivity index (χ4n) is 3.68. The summed E-state index contributed by atoms with van der Waals surface area (Å²) >= 11 is 0. The van der Waals surface area contributed by atoms with Gasteiger partial charge in [-0.25, -0.2) is 0 Å². The molecule has 0 heterocycles. The molecule has 0 bridgehead atoms. The minimum Gasteiger partial charge on any atom is -0.383 e. The van der Waals surface area contributed by atoms with Crippen molar-refractivity contribution in [2.24, 2.45) is 5.73 Å². The molecule has 0 saturated heterocycles. The molecule has 0 amide bonds. The molecule has 0 aliphatic heterocycles. The molecule has 0 spiro atoms. The predicted molar refractivity (Wildman–Crippen MR) is 83.8 cm³/mol. The van der Waals surface area contributed by atoms with Crippen LogP contribution in [-0.2, 0) is 16.7 Å². The fraction of sp³-hybridized carbons (Fsp3) is 0.647. The van der Waals surface area contributed by atoms with Gasteiger partial charge in [-0.2, -0.15) is 0 Å². The Morgan fingerprint density at radius 1 is 1.35 bits per heavy atom. The van der Waals surface area contributed by atoms with Crippen LogP contribution in [-0.4, -0.2) is 37.7 Å². The highest BCUT2D eigenvalue weighted by atomic mass is 16.5. The summed E-state index contributed by atoms with van der Waals surface area (Å²) in [5.41, 5.74) is 9.15. The van der Waals surface area contributed by atoms with Gasteiger partial charge in [-0.15, -0.1) is 0 Å². The van der Waals surface area contributed by atoms with Crippen molar-refractivity contribution in [3.05, 3.63) is 35.4 Å². The second kappa shape index (κ2) is 6.70. The second-order valence-corrected chi connectivity index (χ2v) is 6.03. The monoisotopic (exact) mass is 276 g/mol. The Kier molecular flexibility index (Phi) is 5.19. The first-order valence-corrected chi connectivity index (χ1v) is 7.70. The topological polar surface area (TPSA) is 38.5 Å². The maximum absolute atomic E-state index is 6.28. The van der Waals surface area contributed by atoms with Gasteiger partial charge in [0.15, 0.2) is 0 Å². The van der Waals surface area contributed by atoms with Crippen LogP contribution in [0.1, 0.15) is 37.8 Å². The minimum absolute atomic E-state index is 0.0262. The summed E-state index contributed by atoms with van der Waals surface area (Å²) in [6.45, 7) is 6.86. The molecule has 0 fully saturated rings. The van der Waals surface area contributed by atoms with Crippen LogP contribution in [0.2, 0.25) is 0 Å². The Labute approximate surface area is 123 Å². The first-order chi connectivity index (χ1) is 9.65. The molecule has 112 valence electrons. The lowest BCUT2D eigenvalue weighted by Gasteiger charge is -2.49. The predicted octanol–water partition coefficient (Wildman–Crippen LogP) is 2.53. The average molecular weight is 276 g/mol. The van der Waals surface area contributed by atoms with Crippen molar-refractivity contribution in [3.8, 4) is 0 Å². The summed E-state index contributed by atoms with van der Waals surface area (Å²) in [5.74, 6) is 0. The first kappa shape index (κ1) is 15.5. The molecular formula is C17H28N2O. The molecule has 0 saturated carbocycles. The number of nitrogens with two attached hydrogens (primary N) is 1. The lowest BCUT2D eigenvalue weighted by atomic mass is 9.74. The lowest BCUT2D eigenvalue weighted by molar-refractivity contribution is 0.0200. The maximum Gasteiger partial charge on any atom is 0.0590 e. The van der Waals surface area contributed by atoms with Gasteiger partial charge in [-0.3, -0.25) is 4.90 Å². The molecule has 3 heteroatoms. The third-order valence-electron chi connectivity index (χ3n) is 4.60. The first-order valence-electron chi connectivity index (χ1n) is 7.70. The molecular weight excluding hydrogens is 248 g/mol. The highest BCUT2D eigenvalue weighted by Gasteiger charge is 2.41. The van der Waals surface area contributed by atoms with Crippen molar-refractivity contribution in [3.63, 3.8) is 0 Å². The van der Waals surface area contributed by atoms with E-state index in [0.717, 1.165) is 19.6 Å². The number of nitrogens with zero attached hydrogens (tertiary/aromatic N) is 1. The van der Waals surface area contributed by atoms with Crippen molar-refractivity contribution in [2.75, 3.05) is 26.8 Å². The molecule has 1 aromatic rings. The highest BCUT2D eigenvalue weighted by molar-refractivity contribution is 5.37. The molecule has 0 aromatic heterocycles.